The number of allylic oxidation sites excluding steroid dienone is 1. The molecule has 2 aromatic rings. The number of aliphatic hydroxyl groups excluding tert-OH is 1. The molecule has 0 amide bonds. The molecule has 0 aliphatic heterocycles. The van der Waals surface area contributed by atoms with Crippen LogP contribution in [0, 0.1) is 11.3 Å². The molecular weight excluding hydrogens is 350 g/mol. The Kier molecular flexibility index (Phi) is 6.14. The summed E-state index contributed by atoms with van der Waals surface area (Å²) < 4.78 is 32.5. The van der Waals surface area contributed by atoms with Crippen molar-refractivity contribution in [3.05, 3.63) is 35.8 Å². The molecule has 0 atom stereocenters. The SMILES string of the molecule is N#CC(=CNc1ccc(CNCCO)c(S(=O)(=O)O)c1)c1nn[nH]n1. The van der Waals surface area contributed by atoms with Crippen LogP contribution in [0.5, 0.6) is 0 Å². The van der Waals surface area contributed by atoms with Crippen molar-refractivity contribution in [2.75, 3.05) is 18.5 Å². The van der Waals surface area contributed by atoms with Crippen LogP contribution in [0.2, 0.25) is 0 Å². The second-order valence-electron chi connectivity index (χ2n) is 4.75. The molecule has 0 bridgehead atoms. The number of benzene rings is 1. The Hall–Kier alpha value is -2.85. The Bertz CT molecular complexity index is 888. The van der Waals surface area contributed by atoms with Crippen molar-refractivity contribution in [1.82, 2.24) is 25.9 Å². The summed E-state index contributed by atoms with van der Waals surface area (Å²) >= 11 is 0. The van der Waals surface area contributed by atoms with Gasteiger partial charge in [-0.1, -0.05) is 6.07 Å². The minimum Gasteiger partial charge on any atom is -0.395 e. The fraction of sp³-hybridized carbons (Fsp3) is 0.231. The lowest BCUT2D eigenvalue weighted by atomic mass is 10.2. The highest BCUT2D eigenvalue weighted by Gasteiger charge is 2.16. The van der Waals surface area contributed by atoms with E-state index in [1.807, 2.05) is 6.07 Å². The zero-order valence-corrected chi connectivity index (χ0v) is 13.7. The fourth-order valence-corrected chi connectivity index (χ4v) is 2.66. The number of tetrazole rings is 1. The van der Waals surface area contributed by atoms with Gasteiger partial charge in [-0.25, -0.2) is 0 Å². The van der Waals surface area contributed by atoms with Gasteiger partial charge in [-0.3, -0.25) is 4.55 Å². The second-order valence-corrected chi connectivity index (χ2v) is 6.14. The Morgan fingerprint density at radius 3 is 2.84 bits per heavy atom. The number of aromatic amines is 1. The van der Waals surface area contributed by atoms with Gasteiger partial charge in [-0.05, 0) is 22.9 Å². The molecule has 1 aromatic carbocycles. The van der Waals surface area contributed by atoms with Gasteiger partial charge in [0.1, 0.15) is 16.5 Å². The highest BCUT2D eigenvalue weighted by atomic mass is 32.2. The lowest BCUT2D eigenvalue weighted by Gasteiger charge is -2.10. The molecule has 0 aliphatic rings. The van der Waals surface area contributed by atoms with Gasteiger partial charge in [0.25, 0.3) is 10.1 Å². The van der Waals surface area contributed by atoms with Crippen molar-refractivity contribution in [3.63, 3.8) is 0 Å². The zero-order valence-electron chi connectivity index (χ0n) is 12.8. The molecule has 0 spiro atoms. The molecule has 25 heavy (non-hydrogen) atoms. The van der Waals surface area contributed by atoms with Gasteiger partial charge in [-0.2, -0.15) is 18.9 Å². The maximum atomic E-state index is 11.6. The van der Waals surface area contributed by atoms with Crippen LogP contribution < -0.4 is 10.6 Å². The van der Waals surface area contributed by atoms with Gasteiger partial charge in [0.15, 0.2) is 0 Å². The number of anilines is 1. The second kappa shape index (κ2) is 8.31. The lowest BCUT2D eigenvalue weighted by molar-refractivity contribution is 0.292. The van der Waals surface area contributed by atoms with E-state index in [2.05, 4.69) is 31.3 Å². The van der Waals surface area contributed by atoms with Crippen LogP contribution in [0.4, 0.5) is 5.69 Å². The van der Waals surface area contributed by atoms with Crippen LogP contribution in [-0.4, -0.2) is 51.9 Å². The van der Waals surface area contributed by atoms with Gasteiger partial charge in [0, 0.05) is 25.0 Å². The monoisotopic (exact) mass is 365 g/mol. The molecule has 132 valence electrons. The first-order valence-corrected chi connectivity index (χ1v) is 8.42. The number of nitrogens with one attached hydrogen (secondary N) is 3. The van der Waals surface area contributed by atoms with E-state index >= 15 is 0 Å². The average molecular weight is 365 g/mol. The lowest BCUT2D eigenvalue weighted by Crippen LogP contribution is -2.19. The predicted molar refractivity (Wildman–Crippen MR) is 86.4 cm³/mol. The zero-order chi connectivity index (χ0) is 18.3. The Morgan fingerprint density at radius 2 is 2.24 bits per heavy atom. The molecule has 0 fully saturated rings. The van der Waals surface area contributed by atoms with E-state index in [0.717, 1.165) is 0 Å². The number of nitrogens with zero attached hydrogens (tertiary/aromatic N) is 4. The first-order valence-electron chi connectivity index (χ1n) is 6.98. The number of hydrogen-bond acceptors (Lipinski definition) is 9. The Labute approximate surface area is 143 Å². The quantitative estimate of drug-likeness (QED) is 0.233. The first kappa shape index (κ1) is 18.5. The van der Waals surface area contributed by atoms with Gasteiger partial charge in [-0.15, -0.1) is 10.2 Å². The van der Waals surface area contributed by atoms with Crippen LogP contribution in [-0.2, 0) is 16.7 Å². The van der Waals surface area contributed by atoms with Crippen molar-refractivity contribution in [2.45, 2.75) is 11.4 Å². The van der Waals surface area contributed by atoms with E-state index in [1.54, 1.807) is 6.07 Å². The number of H-pyrrole nitrogens is 1. The van der Waals surface area contributed by atoms with Crippen molar-refractivity contribution in [2.24, 2.45) is 0 Å². The highest BCUT2D eigenvalue weighted by molar-refractivity contribution is 7.85. The number of aromatic nitrogens is 4. The molecule has 5 N–H and O–H groups in total. The third kappa shape index (κ3) is 5.06. The number of aliphatic hydroxyl groups is 1. The van der Waals surface area contributed by atoms with Crippen molar-refractivity contribution in [1.29, 1.82) is 5.26 Å². The summed E-state index contributed by atoms with van der Waals surface area (Å²) in [5.41, 5.74) is 0.745. The standard InChI is InChI=1S/C13H15N7O4S/c14-6-10(13-17-19-20-18-13)8-16-11-2-1-9(7-15-3-4-21)12(5-11)25(22,23)24/h1-2,5,8,15-16,21H,3-4,7H2,(H,22,23,24)(H,17,18,19,20). The predicted octanol–water partition coefficient (Wildman–Crippen LogP) is -0.495. The van der Waals surface area contributed by atoms with Crippen molar-refractivity contribution >= 4 is 21.4 Å². The molecule has 0 radical (unpaired) electrons. The normalized spacial score (nSPS) is 12.0. The summed E-state index contributed by atoms with van der Waals surface area (Å²) in [6.07, 6.45) is 1.29. The summed E-state index contributed by atoms with van der Waals surface area (Å²) in [6, 6.07) is 6.19. The van der Waals surface area contributed by atoms with Crippen molar-refractivity contribution in [3.8, 4) is 6.07 Å². The van der Waals surface area contributed by atoms with Gasteiger partial charge in [0.2, 0.25) is 5.82 Å². The van der Waals surface area contributed by atoms with E-state index in [1.165, 1.54) is 18.3 Å². The summed E-state index contributed by atoms with van der Waals surface area (Å²) in [4.78, 5) is -0.283. The van der Waals surface area contributed by atoms with Gasteiger partial charge in [0.05, 0.1) is 6.61 Å². The Morgan fingerprint density at radius 1 is 1.44 bits per heavy atom. The van der Waals surface area contributed by atoms with Crippen LogP contribution in [0.15, 0.2) is 29.3 Å². The van der Waals surface area contributed by atoms with Crippen LogP contribution in [0.3, 0.4) is 0 Å². The summed E-state index contributed by atoms with van der Waals surface area (Å²) in [5, 5.41) is 36.3. The maximum Gasteiger partial charge on any atom is 0.294 e. The summed E-state index contributed by atoms with van der Waals surface area (Å²) in [6.45, 7) is 0.334. The number of rotatable bonds is 8. The average Bonchev–Trinajstić information content (AvgIpc) is 3.10. The molecule has 1 aromatic heterocycles. The van der Waals surface area contributed by atoms with Crippen LogP contribution in [0.1, 0.15) is 11.4 Å². The van der Waals surface area contributed by atoms with Crippen LogP contribution in [0.25, 0.3) is 5.57 Å². The molecule has 12 heteroatoms. The van der Waals surface area contributed by atoms with Gasteiger partial charge < -0.3 is 15.7 Å². The summed E-state index contributed by atoms with van der Waals surface area (Å²) in [5.74, 6) is 0.0785. The largest absolute Gasteiger partial charge is 0.395 e. The Balaban J connectivity index is 2.26. The highest BCUT2D eigenvalue weighted by Crippen LogP contribution is 2.21. The number of nitriles is 1. The molecule has 0 unspecified atom stereocenters. The molecule has 2 rings (SSSR count). The van der Waals surface area contributed by atoms with Crippen LogP contribution >= 0.6 is 0 Å². The van der Waals surface area contributed by atoms with Gasteiger partial charge >= 0.3 is 0 Å². The molecule has 0 saturated carbocycles. The molecule has 0 saturated heterocycles. The third-order valence-electron chi connectivity index (χ3n) is 3.04. The smallest absolute Gasteiger partial charge is 0.294 e. The first-order chi connectivity index (χ1) is 12.0. The number of hydrogen-bond donors (Lipinski definition) is 5. The molecule has 1 heterocycles. The topological polar surface area (TPSA) is 177 Å². The van der Waals surface area contributed by atoms with E-state index in [9.17, 15) is 13.0 Å². The van der Waals surface area contributed by atoms with E-state index in [0.29, 0.717) is 11.3 Å². The maximum absolute atomic E-state index is 11.6. The summed E-state index contributed by atoms with van der Waals surface area (Å²) in [7, 11) is -4.45. The fourth-order valence-electron chi connectivity index (χ4n) is 1.91. The van der Waals surface area contributed by atoms with Crippen molar-refractivity contribution < 1.29 is 18.1 Å². The molecular formula is C13H15N7O4S. The minimum atomic E-state index is -4.45. The van der Waals surface area contributed by atoms with E-state index in [-0.39, 0.29) is 36.0 Å². The minimum absolute atomic E-state index is 0.0785. The van der Waals surface area contributed by atoms with E-state index in [4.69, 9.17) is 10.4 Å². The molecule has 11 nitrogen and oxygen atoms in total. The van der Waals surface area contributed by atoms with E-state index < -0.39 is 10.1 Å². The third-order valence-corrected chi connectivity index (χ3v) is 3.97. The molecule has 0 aliphatic carbocycles.